The van der Waals surface area contributed by atoms with E-state index in [0.29, 0.717) is 6.54 Å². The van der Waals surface area contributed by atoms with Gasteiger partial charge in [-0.15, -0.1) is 0 Å². The van der Waals surface area contributed by atoms with Crippen LogP contribution in [0.4, 0.5) is 5.95 Å². The Balaban J connectivity index is 1.43. The average Bonchev–Trinajstić information content (AvgIpc) is 3.32. The van der Waals surface area contributed by atoms with Gasteiger partial charge in [0.15, 0.2) is 0 Å². The number of hydrogen-bond donors (Lipinski definition) is 1. The number of aromatic nitrogens is 2. The summed E-state index contributed by atoms with van der Waals surface area (Å²) in [6.07, 6.45) is 6.13. The van der Waals surface area contributed by atoms with Crippen molar-refractivity contribution in [1.82, 2.24) is 20.2 Å². The molecule has 1 aliphatic heterocycles. The standard InChI is InChI=1S/C14H20BrN5O/c15-12-8-17-14(18-9-12)20-5-3-19(4-6-20)13(21)10-16-7-11-1-2-11/h8-9,11,16H,1-7,10H2. The third kappa shape index (κ3) is 4.14. The smallest absolute Gasteiger partial charge is 0.236 e. The molecule has 1 saturated carbocycles. The van der Waals surface area contributed by atoms with E-state index in [2.05, 4.69) is 36.1 Å². The Morgan fingerprint density at radius 2 is 1.90 bits per heavy atom. The number of carbonyl (C=O) groups excluding carboxylic acids is 1. The lowest BCUT2D eigenvalue weighted by Gasteiger charge is -2.34. The Labute approximate surface area is 133 Å². The topological polar surface area (TPSA) is 61.4 Å². The molecule has 1 aromatic rings. The maximum atomic E-state index is 12.1. The summed E-state index contributed by atoms with van der Waals surface area (Å²) in [6, 6.07) is 0. The minimum absolute atomic E-state index is 0.201. The molecule has 1 saturated heterocycles. The summed E-state index contributed by atoms with van der Waals surface area (Å²) in [6.45, 7) is 4.50. The van der Waals surface area contributed by atoms with Crippen LogP contribution < -0.4 is 10.2 Å². The number of carbonyl (C=O) groups is 1. The van der Waals surface area contributed by atoms with Crippen LogP contribution in [0.5, 0.6) is 0 Å². The second kappa shape index (κ2) is 6.70. The highest BCUT2D eigenvalue weighted by atomic mass is 79.9. The molecule has 0 radical (unpaired) electrons. The lowest BCUT2D eigenvalue weighted by molar-refractivity contribution is -0.130. The van der Waals surface area contributed by atoms with E-state index in [1.165, 1.54) is 12.8 Å². The molecule has 0 spiro atoms. The maximum absolute atomic E-state index is 12.1. The molecule has 1 amide bonds. The molecule has 2 aliphatic rings. The van der Waals surface area contributed by atoms with Crippen LogP contribution in [-0.4, -0.2) is 60.0 Å². The molecule has 0 bridgehead atoms. The minimum Gasteiger partial charge on any atom is -0.338 e. The zero-order valence-corrected chi connectivity index (χ0v) is 13.5. The highest BCUT2D eigenvalue weighted by Gasteiger charge is 2.24. The molecule has 3 rings (SSSR count). The van der Waals surface area contributed by atoms with Gasteiger partial charge in [-0.1, -0.05) is 0 Å². The number of rotatable bonds is 5. The minimum atomic E-state index is 0.201. The molecule has 0 atom stereocenters. The van der Waals surface area contributed by atoms with Crippen LogP contribution in [0.3, 0.4) is 0 Å². The van der Waals surface area contributed by atoms with E-state index < -0.39 is 0 Å². The summed E-state index contributed by atoms with van der Waals surface area (Å²) in [4.78, 5) is 24.7. The molecule has 7 heteroatoms. The zero-order chi connectivity index (χ0) is 14.7. The van der Waals surface area contributed by atoms with Crippen LogP contribution in [0, 0.1) is 5.92 Å². The summed E-state index contributed by atoms with van der Waals surface area (Å²) in [5.41, 5.74) is 0. The molecule has 0 unspecified atom stereocenters. The summed E-state index contributed by atoms with van der Waals surface area (Å²) in [5.74, 6) is 1.74. The van der Waals surface area contributed by atoms with Crippen molar-refractivity contribution in [1.29, 1.82) is 0 Å². The summed E-state index contributed by atoms with van der Waals surface area (Å²) >= 11 is 3.33. The number of piperazine rings is 1. The molecule has 114 valence electrons. The Bertz CT molecular complexity index is 483. The number of anilines is 1. The first kappa shape index (κ1) is 14.7. The van der Waals surface area contributed by atoms with Crippen molar-refractivity contribution in [2.75, 3.05) is 44.2 Å². The molecule has 2 heterocycles. The van der Waals surface area contributed by atoms with Gasteiger partial charge >= 0.3 is 0 Å². The van der Waals surface area contributed by atoms with Gasteiger partial charge in [0.05, 0.1) is 11.0 Å². The molecule has 2 fully saturated rings. The van der Waals surface area contributed by atoms with Gasteiger partial charge in [-0.3, -0.25) is 4.79 Å². The second-order valence-corrected chi connectivity index (χ2v) is 6.56. The highest BCUT2D eigenvalue weighted by molar-refractivity contribution is 9.10. The quantitative estimate of drug-likeness (QED) is 0.851. The average molecular weight is 354 g/mol. The van der Waals surface area contributed by atoms with E-state index in [1.54, 1.807) is 12.4 Å². The van der Waals surface area contributed by atoms with E-state index in [-0.39, 0.29) is 5.91 Å². The maximum Gasteiger partial charge on any atom is 0.236 e. The van der Waals surface area contributed by atoms with Crippen molar-refractivity contribution in [2.45, 2.75) is 12.8 Å². The van der Waals surface area contributed by atoms with E-state index in [0.717, 1.165) is 49.1 Å². The van der Waals surface area contributed by atoms with Crippen LogP contribution in [-0.2, 0) is 4.79 Å². The highest BCUT2D eigenvalue weighted by Crippen LogP contribution is 2.27. The molecular formula is C14H20BrN5O. The van der Waals surface area contributed by atoms with Gasteiger partial charge in [0, 0.05) is 38.6 Å². The van der Waals surface area contributed by atoms with Gasteiger partial charge in [-0.2, -0.15) is 0 Å². The van der Waals surface area contributed by atoms with E-state index in [9.17, 15) is 4.79 Å². The Kier molecular flexibility index (Phi) is 4.70. The van der Waals surface area contributed by atoms with Gasteiger partial charge in [-0.25, -0.2) is 9.97 Å². The van der Waals surface area contributed by atoms with Crippen LogP contribution in [0.1, 0.15) is 12.8 Å². The first-order chi connectivity index (χ1) is 10.2. The number of nitrogens with zero attached hydrogens (tertiary/aromatic N) is 4. The Hall–Kier alpha value is -1.21. The zero-order valence-electron chi connectivity index (χ0n) is 12.0. The van der Waals surface area contributed by atoms with E-state index >= 15 is 0 Å². The van der Waals surface area contributed by atoms with Crippen LogP contribution in [0.15, 0.2) is 16.9 Å². The van der Waals surface area contributed by atoms with Crippen molar-refractivity contribution >= 4 is 27.8 Å². The van der Waals surface area contributed by atoms with Crippen LogP contribution in [0.25, 0.3) is 0 Å². The molecule has 1 aromatic heterocycles. The lowest BCUT2D eigenvalue weighted by Crippen LogP contribution is -2.51. The second-order valence-electron chi connectivity index (χ2n) is 5.64. The van der Waals surface area contributed by atoms with Crippen molar-refractivity contribution in [3.05, 3.63) is 16.9 Å². The predicted molar refractivity (Wildman–Crippen MR) is 84.1 cm³/mol. The SMILES string of the molecule is O=C(CNCC1CC1)N1CCN(c2ncc(Br)cn2)CC1. The first-order valence-corrected chi connectivity index (χ1v) is 8.22. The molecule has 1 N–H and O–H groups in total. The van der Waals surface area contributed by atoms with Crippen molar-refractivity contribution < 1.29 is 4.79 Å². The first-order valence-electron chi connectivity index (χ1n) is 7.43. The van der Waals surface area contributed by atoms with E-state index in [1.807, 2.05) is 4.90 Å². The lowest BCUT2D eigenvalue weighted by atomic mass is 10.3. The molecule has 6 nitrogen and oxygen atoms in total. The van der Waals surface area contributed by atoms with Crippen LogP contribution >= 0.6 is 15.9 Å². The van der Waals surface area contributed by atoms with Crippen molar-refractivity contribution in [2.24, 2.45) is 5.92 Å². The number of nitrogens with one attached hydrogen (secondary N) is 1. The summed E-state index contributed by atoms with van der Waals surface area (Å²) < 4.78 is 0.877. The van der Waals surface area contributed by atoms with Gasteiger partial charge in [0.25, 0.3) is 0 Å². The normalized spacial score (nSPS) is 18.9. The third-order valence-corrected chi connectivity index (χ3v) is 4.34. The van der Waals surface area contributed by atoms with Gasteiger partial charge in [-0.05, 0) is 41.2 Å². The largest absolute Gasteiger partial charge is 0.338 e. The fourth-order valence-electron chi connectivity index (χ4n) is 2.44. The number of halogens is 1. The summed E-state index contributed by atoms with van der Waals surface area (Å²) in [5, 5.41) is 3.26. The van der Waals surface area contributed by atoms with Gasteiger partial charge in [0.2, 0.25) is 11.9 Å². The molecular weight excluding hydrogens is 334 g/mol. The monoisotopic (exact) mass is 353 g/mol. The third-order valence-electron chi connectivity index (χ3n) is 3.93. The molecule has 0 aromatic carbocycles. The van der Waals surface area contributed by atoms with Crippen molar-refractivity contribution in [3.63, 3.8) is 0 Å². The predicted octanol–water partition coefficient (Wildman–Crippen LogP) is 0.887. The van der Waals surface area contributed by atoms with Crippen molar-refractivity contribution in [3.8, 4) is 0 Å². The van der Waals surface area contributed by atoms with Gasteiger partial charge in [0.1, 0.15) is 0 Å². The molecule has 1 aliphatic carbocycles. The summed E-state index contributed by atoms with van der Waals surface area (Å²) in [7, 11) is 0. The molecule has 21 heavy (non-hydrogen) atoms. The number of amides is 1. The van der Waals surface area contributed by atoms with E-state index in [4.69, 9.17) is 0 Å². The van der Waals surface area contributed by atoms with Gasteiger partial charge < -0.3 is 15.1 Å². The fourth-order valence-corrected chi connectivity index (χ4v) is 2.65. The number of hydrogen-bond acceptors (Lipinski definition) is 5. The Morgan fingerprint density at radius 3 is 2.52 bits per heavy atom. The fraction of sp³-hybridized carbons (Fsp3) is 0.643. The Morgan fingerprint density at radius 1 is 1.24 bits per heavy atom. The van der Waals surface area contributed by atoms with Crippen LogP contribution in [0.2, 0.25) is 0 Å².